The third-order valence-corrected chi connectivity index (χ3v) is 2.65. The summed E-state index contributed by atoms with van der Waals surface area (Å²) in [6.45, 7) is 6.94. The minimum absolute atomic E-state index is 0.244. The predicted octanol–water partition coefficient (Wildman–Crippen LogP) is 2.65. The van der Waals surface area contributed by atoms with E-state index in [0.29, 0.717) is 11.6 Å². The van der Waals surface area contributed by atoms with Gasteiger partial charge in [-0.1, -0.05) is 13.8 Å². The van der Waals surface area contributed by atoms with Gasteiger partial charge in [0.25, 0.3) is 0 Å². The van der Waals surface area contributed by atoms with Crippen LogP contribution in [-0.2, 0) is 6.54 Å². The fraction of sp³-hybridized carbons (Fsp3) is 0.462. The Morgan fingerprint density at radius 2 is 2.16 bits per heavy atom. The van der Waals surface area contributed by atoms with Gasteiger partial charge in [0.1, 0.15) is 11.6 Å². The van der Waals surface area contributed by atoms with Crippen molar-refractivity contribution in [3.05, 3.63) is 24.3 Å². The Bertz CT molecular complexity index is 550. The maximum Gasteiger partial charge on any atom is 0.224 e. The SMILES string of the molecule is CCn1cc(Oc2cc(NC)nc(C(C)C)n2)cn1. The number of ether oxygens (including phenoxy) is 1. The number of hydrogen-bond acceptors (Lipinski definition) is 5. The molecule has 2 aromatic rings. The largest absolute Gasteiger partial charge is 0.436 e. The van der Waals surface area contributed by atoms with Crippen molar-refractivity contribution in [3.8, 4) is 11.6 Å². The van der Waals surface area contributed by atoms with Crippen molar-refractivity contribution in [2.45, 2.75) is 33.2 Å². The molecule has 0 amide bonds. The first-order chi connectivity index (χ1) is 9.12. The highest BCUT2D eigenvalue weighted by molar-refractivity contribution is 5.39. The van der Waals surface area contributed by atoms with Crippen LogP contribution in [0, 0.1) is 0 Å². The minimum atomic E-state index is 0.244. The van der Waals surface area contributed by atoms with Gasteiger partial charge >= 0.3 is 0 Å². The van der Waals surface area contributed by atoms with Crippen molar-refractivity contribution < 1.29 is 4.74 Å². The molecule has 2 rings (SSSR count). The molecule has 0 aliphatic heterocycles. The molecule has 6 heteroatoms. The van der Waals surface area contributed by atoms with Gasteiger partial charge in [-0.3, -0.25) is 4.68 Å². The Labute approximate surface area is 112 Å². The fourth-order valence-electron chi connectivity index (χ4n) is 1.57. The molecule has 0 aromatic carbocycles. The Kier molecular flexibility index (Phi) is 3.99. The standard InChI is InChI=1S/C13H19N5O/c1-5-18-8-10(7-15-18)19-12-6-11(14-4)16-13(17-12)9(2)3/h6-9H,5H2,1-4H3,(H,14,16,17). The maximum atomic E-state index is 5.72. The normalized spacial score (nSPS) is 10.8. The monoisotopic (exact) mass is 261 g/mol. The van der Waals surface area contributed by atoms with Crippen LogP contribution in [0.3, 0.4) is 0 Å². The zero-order chi connectivity index (χ0) is 13.8. The number of hydrogen-bond donors (Lipinski definition) is 1. The maximum absolute atomic E-state index is 5.72. The van der Waals surface area contributed by atoms with Gasteiger partial charge in [-0.25, -0.2) is 4.98 Å². The fourth-order valence-corrected chi connectivity index (χ4v) is 1.57. The molecule has 0 saturated heterocycles. The van der Waals surface area contributed by atoms with Crippen molar-refractivity contribution in [3.63, 3.8) is 0 Å². The Balaban J connectivity index is 2.25. The van der Waals surface area contributed by atoms with E-state index in [1.54, 1.807) is 16.9 Å². The zero-order valence-corrected chi connectivity index (χ0v) is 11.7. The molecule has 19 heavy (non-hydrogen) atoms. The zero-order valence-electron chi connectivity index (χ0n) is 11.7. The van der Waals surface area contributed by atoms with Crippen LogP contribution in [0.15, 0.2) is 18.5 Å². The van der Waals surface area contributed by atoms with E-state index >= 15 is 0 Å². The van der Waals surface area contributed by atoms with Crippen LogP contribution in [0.1, 0.15) is 32.5 Å². The molecule has 0 bridgehead atoms. The summed E-state index contributed by atoms with van der Waals surface area (Å²) in [6.07, 6.45) is 3.52. The molecule has 0 atom stereocenters. The van der Waals surface area contributed by atoms with E-state index in [0.717, 1.165) is 18.2 Å². The summed E-state index contributed by atoms with van der Waals surface area (Å²) < 4.78 is 7.52. The van der Waals surface area contributed by atoms with Crippen LogP contribution >= 0.6 is 0 Å². The number of nitrogens with one attached hydrogen (secondary N) is 1. The van der Waals surface area contributed by atoms with Gasteiger partial charge in [-0.05, 0) is 6.92 Å². The third-order valence-electron chi connectivity index (χ3n) is 2.65. The summed E-state index contributed by atoms with van der Waals surface area (Å²) in [7, 11) is 1.82. The van der Waals surface area contributed by atoms with E-state index in [4.69, 9.17) is 4.74 Å². The quantitative estimate of drug-likeness (QED) is 0.896. The molecule has 0 unspecified atom stereocenters. The van der Waals surface area contributed by atoms with E-state index < -0.39 is 0 Å². The highest BCUT2D eigenvalue weighted by Crippen LogP contribution is 2.23. The van der Waals surface area contributed by atoms with Crippen LogP contribution in [-0.4, -0.2) is 26.8 Å². The van der Waals surface area contributed by atoms with Crippen molar-refractivity contribution >= 4 is 5.82 Å². The van der Waals surface area contributed by atoms with Crippen molar-refractivity contribution in [1.82, 2.24) is 19.7 Å². The lowest BCUT2D eigenvalue weighted by molar-refractivity contribution is 0.456. The molecule has 6 nitrogen and oxygen atoms in total. The van der Waals surface area contributed by atoms with Crippen LogP contribution in [0.5, 0.6) is 11.6 Å². The molecule has 0 spiro atoms. The Morgan fingerprint density at radius 3 is 2.74 bits per heavy atom. The van der Waals surface area contributed by atoms with Crippen LogP contribution in [0.4, 0.5) is 5.82 Å². The van der Waals surface area contributed by atoms with Crippen LogP contribution in [0.25, 0.3) is 0 Å². The highest BCUT2D eigenvalue weighted by atomic mass is 16.5. The van der Waals surface area contributed by atoms with Gasteiger partial charge in [-0.15, -0.1) is 0 Å². The second-order valence-electron chi connectivity index (χ2n) is 4.49. The molecular formula is C13H19N5O. The van der Waals surface area contributed by atoms with Gasteiger partial charge in [0.05, 0.1) is 12.4 Å². The number of aromatic nitrogens is 4. The predicted molar refractivity (Wildman–Crippen MR) is 73.6 cm³/mol. The van der Waals surface area contributed by atoms with E-state index in [2.05, 4.69) is 20.4 Å². The summed E-state index contributed by atoms with van der Waals surface area (Å²) >= 11 is 0. The average Bonchev–Trinajstić information content (AvgIpc) is 2.85. The van der Waals surface area contributed by atoms with Gasteiger partial charge in [0.15, 0.2) is 5.75 Å². The van der Waals surface area contributed by atoms with Crippen molar-refractivity contribution in [2.75, 3.05) is 12.4 Å². The summed E-state index contributed by atoms with van der Waals surface area (Å²) in [4.78, 5) is 8.79. The molecule has 1 N–H and O–H groups in total. The molecule has 2 aromatic heterocycles. The third kappa shape index (κ3) is 3.21. The lowest BCUT2D eigenvalue weighted by atomic mass is 10.2. The van der Waals surface area contributed by atoms with Gasteiger partial charge in [-0.2, -0.15) is 10.1 Å². The number of nitrogens with zero attached hydrogens (tertiary/aromatic N) is 4. The molecule has 0 saturated carbocycles. The first-order valence-corrected chi connectivity index (χ1v) is 6.39. The van der Waals surface area contributed by atoms with Crippen molar-refractivity contribution in [2.24, 2.45) is 0 Å². The van der Waals surface area contributed by atoms with Crippen molar-refractivity contribution in [1.29, 1.82) is 0 Å². The highest BCUT2D eigenvalue weighted by Gasteiger charge is 2.09. The second kappa shape index (κ2) is 5.69. The molecule has 0 aliphatic carbocycles. The first-order valence-electron chi connectivity index (χ1n) is 6.39. The minimum Gasteiger partial charge on any atom is -0.436 e. The van der Waals surface area contributed by atoms with Crippen LogP contribution < -0.4 is 10.1 Å². The second-order valence-corrected chi connectivity index (χ2v) is 4.49. The lowest BCUT2D eigenvalue weighted by Gasteiger charge is -2.09. The van der Waals surface area contributed by atoms with Crippen LogP contribution in [0.2, 0.25) is 0 Å². The van der Waals surface area contributed by atoms with Gasteiger partial charge < -0.3 is 10.1 Å². The van der Waals surface area contributed by atoms with E-state index in [1.807, 2.05) is 34.0 Å². The van der Waals surface area contributed by atoms with E-state index in [-0.39, 0.29) is 5.92 Å². The van der Waals surface area contributed by atoms with Gasteiger partial charge in [0.2, 0.25) is 5.88 Å². The molecule has 0 radical (unpaired) electrons. The number of anilines is 1. The summed E-state index contributed by atoms with van der Waals surface area (Å²) in [5, 5.41) is 7.18. The van der Waals surface area contributed by atoms with E-state index in [1.165, 1.54) is 0 Å². The number of rotatable bonds is 5. The van der Waals surface area contributed by atoms with Gasteiger partial charge in [0, 0.05) is 25.6 Å². The molecular weight excluding hydrogens is 242 g/mol. The lowest BCUT2D eigenvalue weighted by Crippen LogP contribution is -2.03. The summed E-state index contributed by atoms with van der Waals surface area (Å²) in [6, 6.07) is 1.77. The first kappa shape index (κ1) is 13.3. The smallest absolute Gasteiger partial charge is 0.224 e. The topological polar surface area (TPSA) is 64.9 Å². The molecule has 2 heterocycles. The summed E-state index contributed by atoms with van der Waals surface area (Å²) in [5.74, 6) is 2.95. The Morgan fingerprint density at radius 1 is 1.37 bits per heavy atom. The molecule has 0 aliphatic rings. The number of aryl methyl sites for hydroxylation is 1. The molecule has 0 fully saturated rings. The molecule has 102 valence electrons. The summed E-state index contributed by atoms with van der Waals surface area (Å²) in [5.41, 5.74) is 0. The average molecular weight is 261 g/mol. The van der Waals surface area contributed by atoms with E-state index in [9.17, 15) is 0 Å². The Hall–Kier alpha value is -2.11.